The molecule has 0 spiro atoms. The summed E-state index contributed by atoms with van der Waals surface area (Å²) >= 11 is 0. The minimum absolute atomic E-state index is 0. The van der Waals surface area contributed by atoms with Crippen LogP contribution >= 0.6 is 0 Å². The third-order valence-electron chi connectivity index (χ3n) is 10.8. The molecule has 0 radical (unpaired) electrons. The van der Waals surface area contributed by atoms with Crippen LogP contribution in [-0.2, 0) is 45.8 Å². The van der Waals surface area contributed by atoms with Gasteiger partial charge in [0.2, 0.25) is 0 Å². The molecule has 0 atom stereocenters. The second kappa shape index (κ2) is 16.5. The van der Waals surface area contributed by atoms with Gasteiger partial charge in [-0.15, -0.1) is 101 Å². The number of aromatic nitrogens is 5. The largest absolute Gasteiger partial charge is 3.00 e. The number of benzene rings is 5. The van der Waals surface area contributed by atoms with Crippen molar-refractivity contribution in [1.82, 2.24) is 24.3 Å². The molecule has 0 saturated heterocycles. The van der Waals surface area contributed by atoms with Gasteiger partial charge in [-0.2, -0.15) is 0 Å². The van der Waals surface area contributed by atoms with Crippen molar-refractivity contribution < 1.29 is 20.1 Å². The van der Waals surface area contributed by atoms with E-state index >= 15 is 0 Å². The molecule has 0 unspecified atom stereocenters. The topological polar surface area (TPSA) is 56.0 Å². The molecule has 0 N–H and O–H groups in total. The van der Waals surface area contributed by atoms with Gasteiger partial charge in [0.1, 0.15) is 0 Å². The zero-order valence-electron chi connectivity index (χ0n) is 31.6. The summed E-state index contributed by atoms with van der Waals surface area (Å²) in [5, 5.41) is 2.04. The Morgan fingerprint density at radius 3 is 1.67 bits per heavy atom. The van der Waals surface area contributed by atoms with Crippen LogP contribution < -0.4 is 0 Å². The number of nitrogens with zero attached hydrogens (tertiary/aromatic N) is 5. The Morgan fingerprint density at radius 1 is 0.466 bits per heavy atom. The monoisotopic (exact) mass is 923 g/mol. The van der Waals surface area contributed by atoms with Gasteiger partial charge in [0.25, 0.3) is 0 Å². The predicted octanol–water partition coefficient (Wildman–Crippen LogP) is 11.5. The van der Waals surface area contributed by atoms with E-state index in [0.29, 0.717) is 0 Å². The zero-order valence-corrected chi connectivity index (χ0v) is 34.0. The minimum Gasteiger partial charge on any atom is -0.342 e. The van der Waals surface area contributed by atoms with Crippen LogP contribution in [0.15, 0.2) is 171 Å². The Balaban J connectivity index is 0.00000436. The molecule has 0 fully saturated rings. The number of rotatable bonds is 10. The van der Waals surface area contributed by atoms with Crippen LogP contribution in [-0.4, -0.2) is 24.3 Å². The summed E-state index contributed by atoms with van der Waals surface area (Å²) in [6.45, 7) is 0. The molecule has 0 aliphatic rings. The molecule has 0 bridgehead atoms. The third-order valence-corrected chi connectivity index (χ3v) is 10.8. The molecule has 0 amide bonds. The van der Waals surface area contributed by atoms with Gasteiger partial charge in [-0.3, -0.25) is 0 Å². The normalized spacial score (nSPS) is 11.2. The summed E-state index contributed by atoms with van der Waals surface area (Å²) in [5.74, 6) is 0. The molecule has 6 heteroatoms. The van der Waals surface area contributed by atoms with Gasteiger partial charge in [0, 0.05) is 18.6 Å². The summed E-state index contributed by atoms with van der Waals surface area (Å²) in [6, 6.07) is 58.7. The SMILES string of the molecule is [Ir+3].[c-]1ccccc1-c1ccc(CCc2cc(CCc3ccc(-c4[c-]cccc4)nc3)cc(-c3ccccc3-c3cnc4c5[c-]cccc5n5cncc5c4c3)c2)cn1. The Hall–Kier alpha value is -6.59. The number of imidazole rings is 1. The van der Waals surface area contributed by atoms with E-state index in [0.717, 1.165) is 86.6 Å². The Morgan fingerprint density at radius 2 is 1.07 bits per heavy atom. The molecule has 0 aliphatic carbocycles. The first-order chi connectivity index (χ1) is 28.2. The van der Waals surface area contributed by atoms with Crippen molar-refractivity contribution in [2.24, 2.45) is 0 Å². The van der Waals surface area contributed by atoms with Crippen molar-refractivity contribution in [2.45, 2.75) is 25.7 Å². The second-order valence-electron chi connectivity index (χ2n) is 14.4. The van der Waals surface area contributed by atoms with Crippen molar-refractivity contribution in [1.29, 1.82) is 0 Å². The maximum Gasteiger partial charge on any atom is 3.00 e. The predicted molar refractivity (Wildman–Crippen MR) is 230 cm³/mol. The molecule has 58 heavy (non-hydrogen) atoms. The number of aryl methyl sites for hydroxylation is 4. The first-order valence-corrected chi connectivity index (χ1v) is 19.3. The fourth-order valence-electron chi connectivity index (χ4n) is 7.85. The average molecular weight is 923 g/mol. The van der Waals surface area contributed by atoms with E-state index in [1.54, 1.807) is 0 Å². The third kappa shape index (κ3) is 7.48. The summed E-state index contributed by atoms with van der Waals surface area (Å²) in [6.07, 6.45) is 13.4. The van der Waals surface area contributed by atoms with Crippen LogP contribution in [0.3, 0.4) is 0 Å². The maximum absolute atomic E-state index is 5.07. The van der Waals surface area contributed by atoms with Crippen LogP contribution in [0, 0.1) is 18.2 Å². The van der Waals surface area contributed by atoms with E-state index in [-0.39, 0.29) is 20.1 Å². The van der Waals surface area contributed by atoms with E-state index in [2.05, 4.69) is 106 Å². The van der Waals surface area contributed by atoms with Crippen molar-refractivity contribution >= 4 is 27.3 Å². The molecule has 5 aromatic heterocycles. The fourth-order valence-corrected chi connectivity index (χ4v) is 7.85. The molecule has 5 aromatic carbocycles. The van der Waals surface area contributed by atoms with E-state index in [1.165, 1.54) is 33.4 Å². The molecule has 5 nitrogen and oxygen atoms in total. The van der Waals surface area contributed by atoms with Gasteiger partial charge in [-0.1, -0.05) is 72.8 Å². The average Bonchev–Trinajstić information content (AvgIpc) is 3.80. The van der Waals surface area contributed by atoms with Gasteiger partial charge in [0.15, 0.2) is 0 Å². The van der Waals surface area contributed by atoms with Crippen LogP contribution in [0.4, 0.5) is 0 Å². The van der Waals surface area contributed by atoms with Crippen molar-refractivity contribution in [2.75, 3.05) is 0 Å². The zero-order chi connectivity index (χ0) is 38.0. The molecular formula is C52H36IrN5. The Labute approximate surface area is 351 Å². The summed E-state index contributed by atoms with van der Waals surface area (Å²) in [7, 11) is 0. The molecular weight excluding hydrogens is 887 g/mol. The van der Waals surface area contributed by atoms with E-state index in [9.17, 15) is 0 Å². The van der Waals surface area contributed by atoms with Crippen molar-refractivity contribution in [3.05, 3.63) is 211 Å². The van der Waals surface area contributed by atoms with E-state index < -0.39 is 0 Å². The molecule has 278 valence electrons. The van der Waals surface area contributed by atoms with Gasteiger partial charge < -0.3 is 19.4 Å². The molecule has 10 rings (SSSR count). The molecule has 10 aromatic rings. The first-order valence-electron chi connectivity index (χ1n) is 19.3. The summed E-state index contributed by atoms with van der Waals surface area (Å²) in [4.78, 5) is 19.1. The van der Waals surface area contributed by atoms with Crippen LogP contribution in [0.5, 0.6) is 0 Å². The second-order valence-corrected chi connectivity index (χ2v) is 14.4. The maximum atomic E-state index is 5.07. The number of hydrogen-bond donors (Lipinski definition) is 0. The summed E-state index contributed by atoms with van der Waals surface area (Å²) in [5.41, 5.74) is 16.5. The van der Waals surface area contributed by atoms with Crippen LogP contribution in [0.25, 0.3) is 72.1 Å². The van der Waals surface area contributed by atoms with E-state index in [1.807, 2.05) is 91.8 Å². The van der Waals surface area contributed by atoms with E-state index in [4.69, 9.17) is 15.0 Å². The quantitative estimate of drug-likeness (QED) is 0.101. The van der Waals surface area contributed by atoms with Crippen molar-refractivity contribution in [3.8, 4) is 44.8 Å². The number of pyridine rings is 4. The Kier molecular flexibility index (Phi) is 10.5. The number of fused-ring (bicyclic) bond motifs is 6. The van der Waals surface area contributed by atoms with Gasteiger partial charge in [-0.05, 0) is 98.0 Å². The van der Waals surface area contributed by atoms with Crippen molar-refractivity contribution in [3.63, 3.8) is 0 Å². The van der Waals surface area contributed by atoms with Gasteiger partial charge >= 0.3 is 20.1 Å². The Bertz CT molecular complexity index is 2890. The summed E-state index contributed by atoms with van der Waals surface area (Å²) < 4.78 is 2.13. The smallest absolute Gasteiger partial charge is 0.342 e. The molecule has 5 heterocycles. The number of hydrogen-bond acceptors (Lipinski definition) is 4. The van der Waals surface area contributed by atoms with Gasteiger partial charge in [0.05, 0.1) is 18.0 Å². The fraction of sp³-hybridized carbons (Fsp3) is 0.0769. The molecule has 0 aliphatic heterocycles. The first kappa shape index (κ1) is 37.0. The minimum atomic E-state index is 0. The van der Waals surface area contributed by atoms with Gasteiger partial charge in [-0.25, -0.2) is 4.98 Å². The molecule has 0 saturated carbocycles. The standard InChI is InChI=1S/C52H36N5.Ir/c1-3-11-40(12-4-1)48-25-23-36(31-54-48)19-21-38-27-39(22-20-37-24-26-49(55-32-37)41-13-5-2-6-14-41)29-42(28-38)44-15-7-8-16-45(44)43-30-47-51-34-53-35-57(51)50-18-10-9-17-46(50)52(47)56-33-43;/h1-11,13,15-16,18,23-35H,19-22H2;/q-3;+3. The van der Waals surface area contributed by atoms with Crippen LogP contribution in [0.1, 0.15) is 22.3 Å². The van der Waals surface area contributed by atoms with Crippen LogP contribution in [0.2, 0.25) is 0 Å².